The first-order valence-corrected chi connectivity index (χ1v) is 21.0. The number of fused-ring (bicyclic) bond motifs is 5. The summed E-state index contributed by atoms with van der Waals surface area (Å²) >= 11 is 0. The third-order valence-corrected chi connectivity index (χ3v) is 12.7. The second kappa shape index (κ2) is 14.1. The molecule has 286 valence electrons. The standard InChI is InChI=1S/C59H39NO/c1-4-15-40(16-5-1)41-29-32-47(33-30-41)60(48-24-12-19-43(37-48)44-31-36-56-53(38-44)52-26-13-17-42-18-14-28-57(61-56)58(42)52)49-34-35-51-50-25-10-11-27-54(50)59(55(51)39-49,45-20-6-2-7-21-45)46-22-8-3-9-23-46/h1-39H. The minimum Gasteiger partial charge on any atom is -0.456 e. The fourth-order valence-corrected chi connectivity index (χ4v) is 10.0. The van der Waals surface area contributed by atoms with Gasteiger partial charge < -0.3 is 9.64 Å². The third kappa shape index (κ3) is 5.57. The van der Waals surface area contributed by atoms with Crippen molar-refractivity contribution in [3.8, 4) is 56.0 Å². The van der Waals surface area contributed by atoms with E-state index in [1.54, 1.807) is 0 Å². The zero-order valence-corrected chi connectivity index (χ0v) is 33.4. The molecular formula is C59H39NO. The summed E-state index contributed by atoms with van der Waals surface area (Å²) in [4.78, 5) is 2.42. The van der Waals surface area contributed by atoms with Crippen molar-refractivity contribution in [3.05, 3.63) is 259 Å². The molecule has 61 heavy (non-hydrogen) atoms. The minimum atomic E-state index is -0.512. The molecule has 1 heterocycles. The zero-order chi connectivity index (χ0) is 40.3. The number of benzene rings is 10. The van der Waals surface area contributed by atoms with Crippen LogP contribution in [0.2, 0.25) is 0 Å². The van der Waals surface area contributed by atoms with Crippen molar-refractivity contribution in [1.29, 1.82) is 0 Å². The predicted molar refractivity (Wildman–Crippen MR) is 252 cm³/mol. The first-order valence-electron chi connectivity index (χ1n) is 21.0. The molecule has 0 fully saturated rings. The molecule has 0 amide bonds. The van der Waals surface area contributed by atoms with Crippen LogP contribution >= 0.6 is 0 Å². The van der Waals surface area contributed by atoms with E-state index in [-0.39, 0.29) is 0 Å². The number of hydrogen-bond donors (Lipinski definition) is 0. The minimum absolute atomic E-state index is 0.512. The zero-order valence-electron chi connectivity index (χ0n) is 33.4. The maximum atomic E-state index is 6.49. The van der Waals surface area contributed by atoms with Gasteiger partial charge in [0.05, 0.1) is 5.41 Å². The Balaban J connectivity index is 1.05. The Hall–Kier alpha value is -7.94. The highest BCUT2D eigenvalue weighted by atomic mass is 16.5. The molecule has 0 saturated heterocycles. The number of ether oxygens (including phenoxy) is 1. The fraction of sp³-hybridized carbons (Fsp3) is 0.0169. The summed E-state index contributed by atoms with van der Waals surface area (Å²) in [6.45, 7) is 0. The normalized spacial score (nSPS) is 12.9. The third-order valence-electron chi connectivity index (χ3n) is 12.7. The van der Waals surface area contributed by atoms with E-state index in [0.29, 0.717) is 0 Å². The smallest absolute Gasteiger partial charge is 0.135 e. The highest BCUT2D eigenvalue weighted by Gasteiger charge is 2.46. The fourth-order valence-electron chi connectivity index (χ4n) is 10.0. The van der Waals surface area contributed by atoms with E-state index < -0.39 is 5.41 Å². The summed E-state index contributed by atoms with van der Waals surface area (Å²) in [5.74, 6) is 1.79. The van der Waals surface area contributed by atoms with Gasteiger partial charge in [-0.1, -0.05) is 182 Å². The van der Waals surface area contributed by atoms with Crippen molar-refractivity contribution in [3.63, 3.8) is 0 Å². The Bertz CT molecular complexity index is 3220. The van der Waals surface area contributed by atoms with Gasteiger partial charge in [0.1, 0.15) is 11.5 Å². The van der Waals surface area contributed by atoms with E-state index in [1.807, 2.05) is 0 Å². The average molecular weight is 778 g/mol. The highest BCUT2D eigenvalue weighted by Crippen LogP contribution is 2.57. The number of anilines is 3. The lowest BCUT2D eigenvalue weighted by Crippen LogP contribution is -2.28. The van der Waals surface area contributed by atoms with Gasteiger partial charge >= 0.3 is 0 Å². The Kier molecular flexibility index (Phi) is 8.11. The summed E-state index contributed by atoms with van der Waals surface area (Å²) in [6.07, 6.45) is 0. The van der Waals surface area contributed by atoms with Crippen LogP contribution in [0.4, 0.5) is 17.1 Å². The second-order valence-electron chi connectivity index (χ2n) is 16.0. The summed E-state index contributed by atoms with van der Waals surface area (Å²) in [5.41, 5.74) is 17.3. The Morgan fingerprint density at radius 1 is 0.311 bits per heavy atom. The quantitative estimate of drug-likeness (QED) is 0.160. The molecule has 0 aromatic heterocycles. The van der Waals surface area contributed by atoms with Crippen molar-refractivity contribution in [2.24, 2.45) is 0 Å². The molecule has 0 radical (unpaired) electrons. The maximum Gasteiger partial charge on any atom is 0.135 e. The van der Waals surface area contributed by atoms with Crippen LogP contribution in [0, 0.1) is 0 Å². The van der Waals surface area contributed by atoms with Crippen LogP contribution in [0.15, 0.2) is 237 Å². The molecule has 12 rings (SSSR count). The molecule has 2 aliphatic rings. The predicted octanol–water partition coefficient (Wildman–Crippen LogP) is 15.8. The molecule has 0 spiro atoms. The van der Waals surface area contributed by atoms with Crippen LogP contribution < -0.4 is 9.64 Å². The van der Waals surface area contributed by atoms with Gasteiger partial charge in [-0.25, -0.2) is 0 Å². The Morgan fingerprint density at radius 3 is 1.64 bits per heavy atom. The van der Waals surface area contributed by atoms with Gasteiger partial charge in [-0.15, -0.1) is 0 Å². The summed E-state index contributed by atoms with van der Waals surface area (Å²) in [7, 11) is 0. The van der Waals surface area contributed by atoms with E-state index in [9.17, 15) is 0 Å². The van der Waals surface area contributed by atoms with E-state index in [2.05, 4.69) is 241 Å². The lowest BCUT2D eigenvalue weighted by Gasteiger charge is -2.35. The molecule has 10 aromatic carbocycles. The van der Waals surface area contributed by atoms with E-state index in [1.165, 1.54) is 55.5 Å². The summed E-state index contributed by atoms with van der Waals surface area (Å²) in [6, 6.07) is 86.1. The van der Waals surface area contributed by atoms with Crippen LogP contribution in [0.1, 0.15) is 22.3 Å². The van der Waals surface area contributed by atoms with Crippen molar-refractivity contribution >= 4 is 27.8 Å². The SMILES string of the molecule is c1ccc(-c2ccc(N(c3cccc(-c4ccc5c(c4)-c4cccc6cccc(c46)O5)c3)c3ccc4c(c3)C(c3ccccc3)(c3ccccc3)c3ccccc3-4)cc2)cc1. The molecular weight excluding hydrogens is 739 g/mol. The first kappa shape index (κ1) is 35.0. The molecule has 2 heteroatoms. The lowest BCUT2D eigenvalue weighted by atomic mass is 9.67. The van der Waals surface area contributed by atoms with E-state index in [0.717, 1.165) is 50.6 Å². The van der Waals surface area contributed by atoms with Crippen LogP contribution in [0.5, 0.6) is 11.5 Å². The Labute approximate surface area is 356 Å². The molecule has 1 aliphatic heterocycles. The summed E-state index contributed by atoms with van der Waals surface area (Å²) < 4.78 is 6.49. The van der Waals surface area contributed by atoms with Crippen molar-refractivity contribution in [1.82, 2.24) is 0 Å². The summed E-state index contributed by atoms with van der Waals surface area (Å²) in [5, 5.41) is 2.34. The van der Waals surface area contributed by atoms with Crippen molar-refractivity contribution in [2.75, 3.05) is 4.90 Å². The van der Waals surface area contributed by atoms with Crippen molar-refractivity contribution < 1.29 is 4.74 Å². The monoisotopic (exact) mass is 777 g/mol. The van der Waals surface area contributed by atoms with Gasteiger partial charge in [-0.3, -0.25) is 0 Å². The van der Waals surface area contributed by atoms with Gasteiger partial charge in [0.25, 0.3) is 0 Å². The maximum absolute atomic E-state index is 6.49. The van der Waals surface area contributed by atoms with Crippen molar-refractivity contribution in [2.45, 2.75) is 5.41 Å². The molecule has 0 saturated carbocycles. The first-order chi connectivity index (χ1) is 30.2. The molecule has 0 atom stereocenters. The van der Waals surface area contributed by atoms with Gasteiger partial charge in [0, 0.05) is 28.0 Å². The van der Waals surface area contributed by atoms with Gasteiger partial charge in [-0.2, -0.15) is 0 Å². The second-order valence-corrected chi connectivity index (χ2v) is 16.0. The average Bonchev–Trinajstić information content (AvgIpc) is 3.63. The molecule has 0 N–H and O–H groups in total. The van der Waals surface area contributed by atoms with E-state index >= 15 is 0 Å². The van der Waals surface area contributed by atoms with Gasteiger partial charge in [0.15, 0.2) is 0 Å². The Morgan fingerprint density at radius 2 is 0.869 bits per heavy atom. The van der Waals surface area contributed by atoms with Gasteiger partial charge in [-0.05, 0) is 121 Å². The number of nitrogens with zero attached hydrogens (tertiary/aromatic N) is 1. The molecule has 0 bridgehead atoms. The lowest BCUT2D eigenvalue weighted by molar-refractivity contribution is 0.487. The molecule has 0 unspecified atom stereocenters. The van der Waals surface area contributed by atoms with Gasteiger partial charge in [0.2, 0.25) is 0 Å². The molecule has 10 aromatic rings. The van der Waals surface area contributed by atoms with Crippen LogP contribution in [0.3, 0.4) is 0 Å². The van der Waals surface area contributed by atoms with Crippen LogP contribution in [0.25, 0.3) is 55.3 Å². The number of rotatable bonds is 7. The topological polar surface area (TPSA) is 12.5 Å². The van der Waals surface area contributed by atoms with Crippen LogP contribution in [-0.2, 0) is 5.41 Å². The van der Waals surface area contributed by atoms with E-state index in [4.69, 9.17) is 4.74 Å². The van der Waals surface area contributed by atoms with Crippen LogP contribution in [-0.4, -0.2) is 0 Å². The molecule has 1 aliphatic carbocycles. The molecule has 2 nitrogen and oxygen atoms in total. The number of hydrogen-bond acceptors (Lipinski definition) is 2. The highest BCUT2D eigenvalue weighted by molar-refractivity contribution is 6.04. The largest absolute Gasteiger partial charge is 0.456 e.